The van der Waals surface area contributed by atoms with Gasteiger partial charge >= 0.3 is 0 Å². The number of benzene rings is 3. The van der Waals surface area contributed by atoms with Crippen LogP contribution in [0.3, 0.4) is 0 Å². The van der Waals surface area contributed by atoms with Crippen LogP contribution in [0.15, 0.2) is 88.4 Å². The normalized spacial score (nSPS) is 13.6. The highest BCUT2D eigenvalue weighted by Gasteiger charge is 2.22. The molecule has 0 radical (unpaired) electrons. The van der Waals surface area contributed by atoms with Crippen molar-refractivity contribution in [2.24, 2.45) is 10.2 Å². The summed E-state index contributed by atoms with van der Waals surface area (Å²) in [4.78, 5) is 24.8. The lowest BCUT2D eigenvalue weighted by molar-refractivity contribution is 0.0949. The third kappa shape index (κ3) is 7.42. The maximum atomic E-state index is 12.5. The second-order valence-electron chi connectivity index (χ2n) is 9.37. The van der Waals surface area contributed by atoms with Crippen molar-refractivity contribution in [3.05, 3.63) is 101 Å². The van der Waals surface area contributed by atoms with Gasteiger partial charge in [0.25, 0.3) is 5.91 Å². The van der Waals surface area contributed by atoms with Gasteiger partial charge in [-0.1, -0.05) is 24.3 Å². The molecule has 1 aliphatic rings. The largest absolute Gasteiger partial charge is 0.493 e. The van der Waals surface area contributed by atoms with E-state index in [1.54, 1.807) is 42.5 Å². The van der Waals surface area contributed by atoms with Crippen molar-refractivity contribution in [1.29, 1.82) is 0 Å². The number of carbonyl (C=O) groups excluding carboxylic acids is 2. The quantitative estimate of drug-likeness (QED) is 0.106. The molecule has 40 heavy (non-hydrogen) atoms. The van der Waals surface area contributed by atoms with E-state index in [0.717, 1.165) is 35.3 Å². The molecule has 210 valence electrons. The third-order valence-electron chi connectivity index (χ3n) is 6.56. The first-order chi connectivity index (χ1) is 19.3. The molecule has 1 aliphatic carbocycles. The molecule has 1 amide bonds. The molecule has 0 saturated carbocycles. The molecule has 3 aromatic carbocycles. The van der Waals surface area contributed by atoms with Crippen LogP contribution in [-0.2, 0) is 19.4 Å². The Kier molecular flexibility index (Phi) is 9.84. The minimum atomic E-state index is -3.85. The van der Waals surface area contributed by atoms with E-state index in [1.165, 1.54) is 6.07 Å². The molecule has 3 aromatic rings. The molecule has 4 rings (SSSR count). The van der Waals surface area contributed by atoms with E-state index >= 15 is 0 Å². The molecule has 0 bridgehead atoms. The van der Waals surface area contributed by atoms with Gasteiger partial charge in [0, 0.05) is 29.7 Å². The highest BCUT2D eigenvalue weighted by Crippen LogP contribution is 2.45. The highest BCUT2D eigenvalue weighted by molar-refractivity contribution is 8.19. The molecule has 0 atom stereocenters. The highest BCUT2D eigenvalue weighted by atomic mass is 32.3. The van der Waals surface area contributed by atoms with Crippen LogP contribution < -0.4 is 10.1 Å². The predicted octanol–water partition coefficient (Wildman–Crippen LogP) is 7.00. The van der Waals surface area contributed by atoms with Crippen LogP contribution in [0.25, 0.3) is 0 Å². The Morgan fingerprint density at radius 2 is 1.82 bits per heavy atom. The second-order valence-corrected chi connectivity index (χ2v) is 10.8. The fraction of sp³-hybridized carbons (Fsp3) is 0.267. The summed E-state index contributed by atoms with van der Waals surface area (Å²) < 4.78 is 34.7. The standard InChI is InChI=1S/C30H33N3O6S/c1-2-7-26-24-9-5-10-27(34)25(24)16-17-28(26)39-19-6-18-31-30(35)21-12-14-23(15-13-21)33-32-20-22-8-3-4-11-29(22)40(36,37)38/h2-4,8,11-17,36-38H,1,5-7,9-10,18-20H2,(H,31,35). The van der Waals surface area contributed by atoms with Gasteiger partial charge in [-0.25, -0.2) is 0 Å². The van der Waals surface area contributed by atoms with E-state index in [1.807, 2.05) is 18.2 Å². The SMILES string of the molecule is C=CCc1c(OCCCNC(=O)c2ccc(N=NCc3ccccc3S(O)(O)O)cc2)ccc2c1CCCC2=O. The molecule has 4 N–H and O–H groups in total. The number of hydrogen-bond donors (Lipinski definition) is 4. The second kappa shape index (κ2) is 13.5. The summed E-state index contributed by atoms with van der Waals surface area (Å²) in [7, 11) is -3.85. The lowest BCUT2D eigenvalue weighted by Crippen LogP contribution is -2.25. The summed E-state index contributed by atoms with van der Waals surface area (Å²) in [6, 6.07) is 16.7. The van der Waals surface area contributed by atoms with Crippen molar-refractivity contribution in [1.82, 2.24) is 5.32 Å². The minimum absolute atomic E-state index is 0.0164. The molecular formula is C30H33N3O6S. The Morgan fingerprint density at radius 3 is 2.58 bits per heavy atom. The van der Waals surface area contributed by atoms with Crippen molar-refractivity contribution in [3.63, 3.8) is 0 Å². The van der Waals surface area contributed by atoms with Gasteiger partial charge in [-0.15, -0.1) is 6.58 Å². The topological polar surface area (TPSA) is 141 Å². The van der Waals surface area contributed by atoms with Crippen molar-refractivity contribution in [2.45, 2.75) is 43.5 Å². The number of nitrogens with zero attached hydrogens (tertiary/aromatic N) is 2. The number of nitrogens with one attached hydrogen (secondary N) is 1. The number of fused-ring (bicyclic) bond motifs is 1. The van der Waals surface area contributed by atoms with E-state index in [9.17, 15) is 23.2 Å². The molecular weight excluding hydrogens is 530 g/mol. The van der Waals surface area contributed by atoms with E-state index in [-0.39, 0.29) is 23.1 Å². The van der Waals surface area contributed by atoms with Crippen LogP contribution >= 0.6 is 10.9 Å². The Morgan fingerprint density at radius 1 is 1.05 bits per heavy atom. The molecule has 0 fully saturated rings. The number of Topliss-reactive ketones (excluding diaryl/α,β-unsaturated/α-hetero) is 1. The number of azo groups is 1. The number of carbonyl (C=O) groups is 2. The van der Waals surface area contributed by atoms with Crippen molar-refractivity contribution < 1.29 is 28.0 Å². The van der Waals surface area contributed by atoms with Crippen LogP contribution in [0, 0.1) is 0 Å². The third-order valence-corrected chi connectivity index (χ3v) is 7.54. The lowest BCUT2D eigenvalue weighted by Gasteiger charge is -2.21. The summed E-state index contributed by atoms with van der Waals surface area (Å²) in [6.45, 7) is 4.75. The van der Waals surface area contributed by atoms with Gasteiger partial charge in [-0.2, -0.15) is 10.2 Å². The zero-order chi connectivity index (χ0) is 28.5. The molecule has 0 aliphatic heterocycles. The maximum Gasteiger partial charge on any atom is 0.251 e. The van der Waals surface area contributed by atoms with Gasteiger partial charge in [0.2, 0.25) is 0 Å². The zero-order valence-electron chi connectivity index (χ0n) is 22.1. The summed E-state index contributed by atoms with van der Waals surface area (Å²) in [5, 5.41) is 11.1. The summed E-state index contributed by atoms with van der Waals surface area (Å²) in [5.74, 6) is 0.727. The summed E-state index contributed by atoms with van der Waals surface area (Å²) >= 11 is 0. The van der Waals surface area contributed by atoms with Crippen molar-refractivity contribution in [3.8, 4) is 5.75 Å². The van der Waals surface area contributed by atoms with E-state index in [2.05, 4.69) is 22.1 Å². The number of rotatable bonds is 12. The smallest absolute Gasteiger partial charge is 0.251 e. The summed E-state index contributed by atoms with van der Waals surface area (Å²) in [5.41, 5.74) is 4.34. The minimum Gasteiger partial charge on any atom is -0.493 e. The monoisotopic (exact) mass is 563 g/mol. The van der Waals surface area contributed by atoms with Gasteiger partial charge in [0.05, 0.1) is 23.7 Å². The van der Waals surface area contributed by atoms with E-state index in [0.29, 0.717) is 49.2 Å². The van der Waals surface area contributed by atoms with Gasteiger partial charge < -0.3 is 23.7 Å². The van der Waals surface area contributed by atoms with Crippen LogP contribution in [-0.4, -0.2) is 38.5 Å². The molecule has 0 aromatic heterocycles. The Balaban J connectivity index is 1.25. The molecule has 0 saturated heterocycles. The Labute approximate surface area is 235 Å². The lowest BCUT2D eigenvalue weighted by atomic mass is 9.86. The first-order valence-electron chi connectivity index (χ1n) is 13.0. The van der Waals surface area contributed by atoms with Gasteiger partial charge in [0.1, 0.15) is 16.6 Å². The average molecular weight is 564 g/mol. The van der Waals surface area contributed by atoms with Gasteiger partial charge in [0.15, 0.2) is 5.78 Å². The number of allylic oxidation sites excluding steroid dienone is 1. The first kappa shape index (κ1) is 29.2. The molecule has 9 nitrogen and oxygen atoms in total. The van der Waals surface area contributed by atoms with Gasteiger partial charge in [-0.05, 0) is 79.3 Å². The Bertz CT molecular complexity index is 1400. The first-order valence-corrected chi connectivity index (χ1v) is 14.5. The van der Waals surface area contributed by atoms with Crippen LogP contribution in [0.2, 0.25) is 0 Å². The van der Waals surface area contributed by atoms with Crippen LogP contribution in [0.1, 0.15) is 56.7 Å². The van der Waals surface area contributed by atoms with Crippen LogP contribution in [0.5, 0.6) is 5.75 Å². The number of ether oxygens (including phenoxy) is 1. The fourth-order valence-electron chi connectivity index (χ4n) is 4.61. The zero-order valence-corrected chi connectivity index (χ0v) is 22.9. The summed E-state index contributed by atoms with van der Waals surface area (Å²) in [6.07, 6.45) is 5.38. The van der Waals surface area contributed by atoms with Crippen LogP contribution in [0.4, 0.5) is 5.69 Å². The number of ketones is 1. The van der Waals surface area contributed by atoms with Crippen molar-refractivity contribution in [2.75, 3.05) is 13.2 Å². The van der Waals surface area contributed by atoms with Gasteiger partial charge in [-0.3, -0.25) is 9.59 Å². The van der Waals surface area contributed by atoms with E-state index < -0.39 is 10.9 Å². The predicted molar refractivity (Wildman–Crippen MR) is 155 cm³/mol. The average Bonchev–Trinajstić information content (AvgIpc) is 2.94. The molecule has 0 spiro atoms. The molecule has 0 heterocycles. The fourth-order valence-corrected chi connectivity index (χ4v) is 5.36. The number of hydrogen-bond acceptors (Lipinski definition) is 8. The molecule has 0 unspecified atom stereocenters. The molecule has 10 heteroatoms. The van der Waals surface area contributed by atoms with Crippen molar-refractivity contribution >= 4 is 28.2 Å². The Hall–Kier alpha value is -3.83. The maximum absolute atomic E-state index is 12.5. The van der Waals surface area contributed by atoms with E-state index in [4.69, 9.17) is 4.74 Å². The number of amides is 1.